The van der Waals surface area contributed by atoms with E-state index in [0.717, 1.165) is 21.9 Å². The van der Waals surface area contributed by atoms with Crippen LogP contribution >= 0.6 is 11.8 Å². The molecule has 4 rings (SSSR count). The minimum Gasteiger partial charge on any atom is -0.497 e. The summed E-state index contributed by atoms with van der Waals surface area (Å²) in [6, 6.07) is 12.5. The van der Waals surface area contributed by atoms with E-state index >= 15 is 0 Å². The van der Waals surface area contributed by atoms with Gasteiger partial charge in [-0.25, -0.2) is 13.2 Å². The molecule has 0 atom stereocenters. The Labute approximate surface area is 189 Å². The molecule has 0 fully saturated rings. The van der Waals surface area contributed by atoms with Gasteiger partial charge in [-0.2, -0.15) is 0 Å². The molecule has 2 aliphatic rings. The third-order valence-electron chi connectivity index (χ3n) is 4.94. The highest BCUT2D eigenvalue weighted by Gasteiger charge is 2.33. The highest BCUT2D eigenvalue weighted by molar-refractivity contribution is 8.15. The molecule has 2 heterocycles. The highest BCUT2D eigenvalue weighted by atomic mass is 32.2. The van der Waals surface area contributed by atoms with Crippen LogP contribution in [0.2, 0.25) is 0 Å². The van der Waals surface area contributed by atoms with Crippen LogP contribution in [0.3, 0.4) is 0 Å². The Balaban J connectivity index is 1.27. The predicted octanol–water partition coefficient (Wildman–Crippen LogP) is 1.82. The van der Waals surface area contributed by atoms with Crippen LogP contribution in [0, 0.1) is 0 Å². The Bertz CT molecular complexity index is 1180. The molecule has 1 N–H and O–H groups in total. The van der Waals surface area contributed by atoms with E-state index in [2.05, 4.69) is 9.71 Å². The molecule has 168 valence electrons. The Kier molecular flexibility index (Phi) is 6.38. The molecule has 1 amide bonds. The summed E-state index contributed by atoms with van der Waals surface area (Å²) in [6.07, 6.45) is 0.641. The smallest absolute Gasteiger partial charge is 0.338 e. The standard InChI is InChI=1S/C21H21N3O6S2/c1-29-16-5-2-14(3-6-16)8-9-22-19(25)13-30-20(26)15-4-7-17-18(12-15)31-21-23-32(27,28)11-10-24(17)21/h2-7,12H,8-11,13H2,1H3,(H,22,25). The number of thioether (sulfide) groups is 1. The summed E-state index contributed by atoms with van der Waals surface area (Å²) in [5, 5.41) is 3.10. The van der Waals surface area contributed by atoms with Crippen molar-refractivity contribution in [1.82, 2.24) is 5.32 Å². The van der Waals surface area contributed by atoms with Gasteiger partial charge in [-0.3, -0.25) is 4.79 Å². The maximum Gasteiger partial charge on any atom is 0.338 e. The molecule has 0 unspecified atom stereocenters. The Morgan fingerprint density at radius 3 is 2.72 bits per heavy atom. The van der Waals surface area contributed by atoms with Gasteiger partial charge in [0.05, 0.1) is 24.1 Å². The predicted molar refractivity (Wildman–Crippen MR) is 121 cm³/mol. The molecular weight excluding hydrogens is 454 g/mol. The van der Waals surface area contributed by atoms with Crippen molar-refractivity contribution in [3.8, 4) is 5.75 Å². The van der Waals surface area contributed by atoms with Crippen LogP contribution in [0.15, 0.2) is 51.8 Å². The van der Waals surface area contributed by atoms with Crippen molar-refractivity contribution in [2.24, 2.45) is 4.40 Å². The first-order chi connectivity index (χ1) is 15.3. The largest absolute Gasteiger partial charge is 0.497 e. The van der Waals surface area contributed by atoms with Gasteiger partial charge in [0, 0.05) is 18.0 Å². The van der Waals surface area contributed by atoms with Crippen LogP contribution in [0.1, 0.15) is 15.9 Å². The first-order valence-electron chi connectivity index (χ1n) is 9.83. The lowest BCUT2D eigenvalue weighted by Crippen LogP contribution is -2.35. The first kappa shape index (κ1) is 22.2. The topological polar surface area (TPSA) is 114 Å². The zero-order valence-electron chi connectivity index (χ0n) is 17.2. The van der Waals surface area contributed by atoms with Gasteiger partial charge < -0.3 is 19.7 Å². The highest BCUT2D eigenvalue weighted by Crippen LogP contribution is 2.42. The number of hydrogen-bond donors (Lipinski definition) is 1. The molecule has 0 saturated heterocycles. The number of carbonyl (C=O) groups is 2. The molecule has 11 heteroatoms. The number of rotatable bonds is 7. The van der Waals surface area contributed by atoms with Crippen LogP contribution in [-0.2, 0) is 26.0 Å². The van der Waals surface area contributed by atoms with Gasteiger partial charge in [0.2, 0.25) is 0 Å². The fourth-order valence-corrected chi connectivity index (χ4v) is 5.56. The van der Waals surface area contributed by atoms with Crippen LogP contribution in [0.4, 0.5) is 5.69 Å². The van der Waals surface area contributed by atoms with E-state index in [9.17, 15) is 18.0 Å². The Morgan fingerprint density at radius 1 is 1.19 bits per heavy atom. The number of hydrogen-bond acceptors (Lipinski definition) is 8. The van der Waals surface area contributed by atoms with Gasteiger partial charge in [-0.1, -0.05) is 12.1 Å². The number of fused-ring (bicyclic) bond motifs is 3. The van der Waals surface area contributed by atoms with Gasteiger partial charge in [0.25, 0.3) is 15.9 Å². The molecule has 0 aliphatic carbocycles. The zero-order valence-corrected chi connectivity index (χ0v) is 18.9. The van der Waals surface area contributed by atoms with Gasteiger partial charge in [0.15, 0.2) is 11.8 Å². The van der Waals surface area contributed by atoms with Crippen molar-refractivity contribution in [2.45, 2.75) is 11.3 Å². The number of nitrogens with one attached hydrogen (secondary N) is 1. The third kappa shape index (κ3) is 5.05. The van der Waals surface area contributed by atoms with Crippen LogP contribution in [0.5, 0.6) is 5.75 Å². The van der Waals surface area contributed by atoms with Crippen molar-refractivity contribution in [3.63, 3.8) is 0 Å². The van der Waals surface area contributed by atoms with E-state index < -0.39 is 16.0 Å². The van der Waals surface area contributed by atoms with Gasteiger partial charge in [0.1, 0.15) is 5.75 Å². The molecule has 2 aromatic rings. The molecule has 0 bridgehead atoms. The number of carbonyl (C=O) groups excluding carboxylic acids is 2. The average Bonchev–Trinajstić information content (AvgIpc) is 3.13. The number of esters is 1. The normalized spacial score (nSPS) is 15.9. The number of ether oxygens (including phenoxy) is 2. The first-order valence-corrected chi connectivity index (χ1v) is 12.3. The number of amidine groups is 1. The second-order valence-electron chi connectivity index (χ2n) is 7.12. The molecule has 9 nitrogen and oxygen atoms in total. The van der Waals surface area contributed by atoms with E-state index in [1.807, 2.05) is 29.2 Å². The molecule has 2 aliphatic heterocycles. The number of anilines is 1. The van der Waals surface area contributed by atoms with E-state index in [4.69, 9.17) is 9.47 Å². The van der Waals surface area contributed by atoms with Gasteiger partial charge in [-0.15, -0.1) is 4.40 Å². The van der Waals surface area contributed by atoms with Crippen molar-refractivity contribution >= 4 is 44.5 Å². The lowest BCUT2D eigenvalue weighted by Gasteiger charge is -2.22. The number of benzene rings is 2. The Hall–Kier alpha value is -3.05. The van der Waals surface area contributed by atoms with Crippen molar-refractivity contribution in [2.75, 3.05) is 37.5 Å². The average molecular weight is 476 g/mol. The molecule has 2 aromatic carbocycles. The lowest BCUT2D eigenvalue weighted by atomic mass is 10.1. The van der Waals surface area contributed by atoms with Gasteiger partial charge >= 0.3 is 5.97 Å². The molecule has 0 radical (unpaired) electrons. The maximum atomic E-state index is 12.4. The summed E-state index contributed by atoms with van der Waals surface area (Å²) in [7, 11) is -1.84. The summed E-state index contributed by atoms with van der Waals surface area (Å²) in [4.78, 5) is 26.9. The van der Waals surface area contributed by atoms with Crippen molar-refractivity contribution < 1.29 is 27.5 Å². The SMILES string of the molecule is COc1ccc(CCNC(=O)COC(=O)c2ccc3c(c2)SC2=NS(=O)(=O)CCN23)cc1. The summed E-state index contributed by atoms with van der Waals surface area (Å²) < 4.78 is 37.4. The summed E-state index contributed by atoms with van der Waals surface area (Å²) >= 11 is 1.19. The number of nitrogens with zero attached hydrogens (tertiary/aromatic N) is 2. The van der Waals surface area contributed by atoms with Crippen LogP contribution < -0.4 is 15.0 Å². The summed E-state index contributed by atoms with van der Waals surface area (Å²) in [6.45, 7) is 0.351. The number of amides is 1. The summed E-state index contributed by atoms with van der Waals surface area (Å²) in [5.41, 5.74) is 2.13. The zero-order chi connectivity index (χ0) is 22.7. The lowest BCUT2D eigenvalue weighted by molar-refractivity contribution is -0.124. The molecule has 32 heavy (non-hydrogen) atoms. The second-order valence-corrected chi connectivity index (χ2v) is 9.88. The number of methoxy groups -OCH3 is 1. The van der Waals surface area contributed by atoms with Crippen LogP contribution in [-0.4, -0.2) is 58.0 Å². The van der Waals surface area contributed by atoms with E-state index in [1.54, 1.807) is 25.3 Å². The molecule has 0 aromatic heterocycles. The van der Waals surface area contributed by atoms with Crippen LogP contribution in [0.25, 0.3) is 0 Å². The van der Waals surface area contributed by atoms with E-state index in [1.165, 1.54) is 11.8 Å². The monoisotopic (exact) mass is 475 g/mol. The van der Waals surface area contributed by atoms with E-state index in [-0.39, 0.29) is 23.8 Å². The van der Waals surface area contributed by atoms with Gasteiger partial charge in [-0.05, 0) is 54.1 Å². The molecular formula is C21H21N3O6S2. The third-order valence-corrected chi connectivity index (χ3v) is 7.24. The number of sulfonamides is 1. The Morgan fingerprint density at radius 2 is 1.97 bits per heavy atom. The quantitative estimate of drug-likeness (QED) is 0.603. The van der Waals surface area contributed by atoms with Crippen molar-refractivity contribution in [1.29, 1.82) is 0 Å². The van der Waals surface area contributed by atoms with E-state index in [0.29, 0.717) is 24.7 Å². The second kappa shape index (κ2) is 9.21. The molecule has 0 spiro atoms. The summed E-state index contributed by atoms with van der Waals surface area (Å²) in [5.74, 6) is -0.297. The minimum absolute atomic E-state index is 0.0477. The maximum absolute atomic E-state index is 12.4. The molecule has 0 saturated carbocycles. The fourth-order valence-electron chi connectivity index (χ4n) is 3.26. The van der Waals surface area contributed by atoms with Crippen molar-refractivity contribution in [3.05, 3.63) is 53.6 Å². The minimum atomic E-state index is -3.44. The fraction of sp³-hybridized carbons (Fsp3) is 0.286.